The second-order valence-corrected chi connectivity index (χ2v) is 6.72. The molecule has 0 bridgehead atoms. The summed E-state index contributed by atoms with van der Waals surface area (Å²) in [6, 6.07) is 23.6. The molecule has 0 spiro atoms. The fourth-order valence-corrected chi connectivity index (χ4v) is 2.74. The largest absolute Gasteiger partial charge is 0.457 e. The van der Waals surface area contributed by atoms with Crippen molar-refractivity contribution in [3.63, 3.8) is 0 Å². The number of nitrogens with one attached hydrogen (secondary N) is 2. The van der Waals surface area contributed by atoms with Crippen molar-refractivity contribution >= 4 is 17.5 Å². The molecule has 0 aliphatic heterocycles. The third kappa shape index (κ3) is 4.57. The van der Waals surface area contributed by atoms with E-state index >= 15 is 0 Å². The Morgan fingerprint density at radius 1 is 0.750 bits per heavy atom. The van der Waals surface area contributed by atoms with Crippen molar-refractivity contribution in [3.8, 4) is 11.5 Å². The topological polar surface area (TPSA) is 67.4 Å². The van der Waals surface area contributed by atoms with E-state index in [1.54, 1.807) is 48.5 Å². The highest BCUT2D eigenvalue weighted by molar-refractivity contribution is 6.05. The van der Waals surface area contributed by atoms with Gasteiger partial charge in [0, 0.05) is 22.9 Å². The van der Waals surface area contributed by atoms with E-state index in [1.165, 1.54) is 0 Å². The van der Waals surface area contributed by atoms with E-state index in [2.05, 4.69) is 10.6 Å². The average Bonchev–Trinajstić information content (AvgIpc) is 3.53. The van der Waals surface area contributed by atoms with Crippen molar-refractivity contribution in [3.05, 3.63) is 90.0 Å². The van der Waals surface area contributed by atoms with Gasteiger partial charge in [0.2, 0.25) is 0 Å². The van der Waals surface area contributed by atoms with Crippen molar-refractivity contribution in [2.75, 3.05) is 5.32 Å². The van der Waals surface area contributed by atoms with Crippen molar-refractivity contribution in [2.45, 2.75) is 18.9 Å². The number of hydrogen-bond donors (Lipinski definition) is 2. The van der Waals surface area contributed by atoms with Crippen LogP contribution in [0.25, 0.3) is 0 Å². The summed E-state index contributed by atoms with van der Waals surface area (Å²) >= 11 is 0. The predicted octanol–water partition coefficient (Wildman–Crippen LogP) is 4.62. The number of anilines is 1. The molecule has 1 aliphatic rings. The zero-order chi connectivity index (χ0) is 19.3. The third-order valence-electron chi connectivity index (χ3n) is 4.39. The first-order chi connectivity index (χ1) is 13.7. The van der Waals surface area contributed by atoms with Gasteiger partial charge < -0.3 is 15.4 Å². The van der Waals surface area contributed by atoms with E-state index in [-0.39, 0.29) is 11.8 Å². The van der Waals surface area contributed by atoms with Crippen LogP contribution in [-0.2, 0) is 0 Å². The first-order valence-corrected chi connectivity index (χ1v) is 9.23. The molecular weight excluding hydrogens is 352 g/mol. The van der Waals surface area contributed by atoms with Crippen LogP contribution in [-0.4, -0.2) is 17.9 Å². The molecule has 0 saturated heterocycles. The fraction of sp³-hybridized carbons (Fsp3) is 0.130. The summed E-state index contributed by atoms with van der Waals surface area (Å²) in [5.41, 5.74) is 1.63. The minimum Gasteiger partial charge on any atom is -0.457 e. The maximum Gasteiger partial charge on any atom is 0.255 e. The summed E-state index contributed by atoms with van der Waals surface area (Å²) in [4.78, 5) is 24.7. The Morgan fingerprint density at radius 2 is 1.46 bits per heavy atom. The van der Waals surface area contributed by atoms with Crippen LogP contribution in [0.1, 0.15) is 33.6 Å². The standard InChI is InChI=1S/C23H20N2O3/c26-22(16-9-13-21(14-10-16)28-20-7-2-1-3-8-20)25-19-6-4-5-17(15-19)23(27)24-18-11-12-18/h1-10,13-15,18H,11-12H2,(H,24,27)(H,25,26). The Hall–Kier alpha value is -3.60. The highest BCUT2D eigenvalue weighted by atomic mass is 16.5. The summed E-state index contributed by atoms with van der Waals surface area (Å²) in [5.74, 6) is 1.04. The van der Waals surface area contributed by atoms with Gasteiger partial charge in [-0.2, -0.15) is 0 Å². The van der Waals surface area contributed by atoms with E-state index in [0.717, 1.165) is 18.6 Å². The lowest BCUT2D eigenvalue weighted by Crippen LogP contribution is -2.25. The zero-order valence-corrected chi connectivity index (χ0v) is 15.2. The Kier molecular flexibility index (Phi) is 5.06. The van der Waals surface area contributed by atoms with Crippen LogP contribution in [0.5, 0.6) is 11.5 Å². The van der Waals surface area contributed by atoms with Gasteiger partial charge in [0.05, 0.1) is 0 Å². The molecule has 28 heavy (non-hydrogen) atoms. The smallest absolute Gasteiger partial charge is 0.255 e. The van der Waals surface area contributed by atoms with Crippen LogP contribution < -0.4 is 15.4 Å². The molecule has 0 atom stereocenters. The average molecular weight is 372 g/mol. The molecule has 3 aromatic rings. The monoisotopic (exact) mass is 372 g/mol. The molecule has 3 aromatic carbocycles. The summed E-state index contributed by atoms with van der Waals surface area (Å²) in [5, 5.41) is 5.77. The van der Waals surface area contributed by atoms with E-state index in [1.807, 2.05) is 30.3 Å². The molecule has 0 aromatic heterocycles. The number of benzene rings is 3. The summed E-state index contributed by atoms with van der Waals surface area (Å²) < 4.78 is 5.73. The molecule has 140 valence electrons. The number of rotatable bonds is 6. The quantitative estimate of drug-likeness (QED) is 0.663. The van der Waals surface area contributed by atoms with Crippen molar-refractivity contribution < 1.29 is 14.3 Å². The van der Waals surface area contributed by atoms with Gasteiger partial charge in [0.15, 0.2) is 0 Å². The van der Waals surface area contributed by atoms with Gasteiger partial charge in [0.1, 0.15) is 11.5 Å². The van der Waals surface area contributed by atoms with E-state index < -0.39 is 0 Å². The minimum atomic E-state index is -0.244. The maximum absolute atomic E-state index is 12.5. The highest BCUT2D eigenvalue weighted by Crippen LogP contribution is 2.22. The maximum atomic E-state index is 12.5. The molecule has 2 N–H and O–H groups in total. The van der Waals surface area contributed by atoms with E-state index in [4.69, 9.17) is 4.74 Å². The Labute approximate surface area is 163 Å². The summed E-state index contributed by atoms with van der Waals surface area (Å²) in [6.45, 7) is 0. The van der Waals surface area contributed by atoms with Crippen molar-refractivity contribution in [2.24, 2.45) is 0 Å². The number of ether oxygens (including phenoxy) is 1. The Balaban J connectivity index is 1.40. The number of carbonyl (C=O) groups excluding carboxylic acids is 2. The summed E-state index contributed by atoms with van der Waals surface area (Å²) in [7, 11) is 0. The van der Waals surface area contributed by atoms with Gasteiger partial charge in [-0.15, -0.1) is 0 Å². The molecule has 0 radical (unpaired) electrons. The van der Waals surface area contributed by atoms with Crippen LogP contribution in [0.4, 0.5) is 5.69 Å². The number of para-hydroxylation sites is 1. The van der Waals surface area contributed by atoms with E-state index in [0.29, 0.717) is 28.6 Å². The van der Waals surface area contributed by atoms with Crippen LogP contribution >= 0.6 is 0 Å². The predicted molar refractivity (Wildman–Crippen MR) is 108 cm³/mol. The lowest BCUT2D eigenvalue weighted by atomic mass is 10.1. The minimum absolute atomic E-state index is 0.110. The Morgan fingerprint density at radius 3 is 2.18 bits per heavy atom. The molecular formula is C23H20N2O3. The number of hydrogen-bond acceptors (Lipinski definition) is 3. The number of amides is 2. The molecule has 0 unspecified atom stereocenters. The van der Waals surface area contributed by atoms with Crippen molar-refractivity contribution in [1.82, 2.24) is 5.32 Å². The Bertz CT molecular complexity index is 980. The molecule has 1 aliphatic carbocycles. The molecule has 4 rings (SSSR count). The SMILES string of the molecule is O=C(Nc1cccc(C(=O)NC2CC2)c1)c1ccc(Oc2ccccc2)cc1. The van der Waals surface area contributed by atoms with Gasteiger partial charge >= 0.3 is 0 Å². The molecule has 1 saturated carbocycles. The van der Waals surface area contributed by atoms with Gasteiger partial charge in [0.25, 0.3) is 11.8 Å². The second-order valence-electron chi connectivity index (χ2n) is 6.72. The van der Waals surface area contributed by atoms with Crippen LogP contribution in [0.3, 0.4) is 0 Å². The number of carbonyl (C=O) groups is 2. The lowest BCUT2D eigenvalue weighted by Gasteiger charge is -2.09. The molecule has 1 fully saturated rings. The van der Waals surface area contributed by atoms with Gasteiger partial charge in [-0.1, -0.05) is 24.3 Å². The van der Waals surface area contributed by atoms with Crippen molar-refractivity contribution in [1.29, 1.82) is 0 Å². The molecule has 2 amide bonds. The second kappa shape index (κ2) is 7.96. The highest BCUT2D eigenvalue weighted by Gasteiger charge is 2.23. The van der Waals surface area contributed by atoms with E-state index in [9.17, 15) is 9.59 Å². The van der Waals surface area contributed by atoms with Gasteiger partial charge in [-0.3, -0.25) is 9.59 Å². The third-order valence-corrected chi connectivity index (χ3v) is 4.39. The molecule has 5 nitrogen and oxygen atoms in total. The van der Waals surface area contributed by atoms with Crippen LogP contribution in [0, 0.1) is 0 Å². The van der Waals surface area contributed by atoms with Crippen LogP contribution in [0.15, 0.2) is 78.9 Å². The first kappa shape index (κ1) is 17.8. The zero-order valence-electron chi connectivity index (χ0n) is 15.2. The van der Waals surface area contributed by atoms with Crippen LogP contribution in [0.2, 0.25) is 0 Å². The normalized spacial score (nSPS) is 12.9. The summed E-state index contributed by atoms with van der Waals surface area (Å²) in [6.07, 6.45) is 2.07. The fourth-order valence-electron chi connectivity index (χ4n) is 2.74. The van der Waals surface area contributed by atoms with Gasteiger partial charge in [-0.05, 0) is 67.4 Å². The lowest BCUT2D eigenvalue weighted by molar-refractivity contribution is 0.0949. The van der Waals surface area contributed by atoms with Gasteiger partial charge in [-0.25, -0.2) is 0 Å². The molecule has 5 heteroatoms. The molecule has 0 heterocycles. The first-order valence-electron chi connectivity index (χ1n) is 9.23.